The monoisotopic (exact) mass is 325 g/mol. The van der Waals surface area contributed by atoms with E-state index in [-0.39, 0.29) is 6.03 Å². The summed E-state index contributed by atoms with van der Waals surface area (Å²) in [5, 5.41) is 2.71. The first-order chi connectivity index (χ1) is 10.2. The van der Waals surface area contributed by atoms with Crippen LogP contribution in [0.25, 0.3) is 0 Å². The van der Waals surface area contributed by atoms with Gasteiger partial charge in [-0.25, -0.2) is 4.79 Å². The highest BCUT2D eigenvalue weighted by Crippen LogP contribution is 2.36. The van der Waals surface area contributed by atoms with E-state index in [2.05, 4.69) is 34.4 Å². The molecule has 2 aliphatic heterocycles. The van der Waals surface area contributed by atoms with Crippen molar-refractivity contribution >= 4 is 29.1 Å². The molecular formula is C15H23N3OS2. The first-order valence-electron chi connectivity index (χ1n) is 7.61. The molecule has 2 saturated heterocycles. The molecule has 2 amide bonds. The Balaban J connectivity index is 1.56. The Bertz CT molecular complexity index is 457. The summed E-state index contributed by atoms with van der Waals surface area (Å²) in [7, 11) is 2.12. The molecule has 21 heavy (non-hydrogen) atoms. The normalized spacial score (nSPS) is 24.9. The summed E-state index contributed by atoms with van der Waals surface area (Å²) >= 11 is 3.84. The predicted molar refractivity (Wildman–Crippen MR) is 90.2 cm³/mol. The molecular weight excluding hydrogens is 302 g/mol. The second-order valence-electron chi connectivity index (χ2n) is 5.72. The Labute approximate surface area is 135 Å². The fourth-order valence-electron chi connectivity index (χ4n) is 2.86. The maximum Gasteiger partial charge on any atom is 0.320 e. The molecule has 0 unspecified atom stereocenters. The zero-order valence-corrected chi connectivity index (χ0v) is 14.2. The van der Waals surface area contributed by atoms with Crippen LogP contribution in [0.1, 0.15) is 16.5 Å². The smallest absolute Gasteiger partial charge is 0.320 e. The Hall–Kier alpha value is -0.720. The van der Waals surface area contributed by atoms with Gasteiger partial charge < -0.3 is 14.7 Å². The number of carbonyl (C=O) groups is 1. The third kappa shape index (κ3) is 3.73. The zero-order chi connectivity index (χ0) is 14.7. The van der Waals surface area contributed by atoms with E-state index in [1.165, 1.54) is 4.88 Å². The van der Waals surface area contributed by atoms with Crippen LogP contribution in [0.4, 0.5) is 4.79 Å². The molecule has 0 saturated carbocycles. The third-order valence-electron chi connectivity index (χ3n) is 4.25. The van der Waals surface area contributed by atoms with E-state index in [4.69, 9.17) is 0 Å². The van der Waals surface area contributed by atoms with Crippen LogP contribution in [0.2, 0.25) is 0 Å². The van der Waals surface area contributed by atoms with E-state index in [0.717, 1.165) is 51.4 Å². The average Bonchev–Trinajstić information content (AvgIpc) is 2.92. The molecule has 0 bridgehead atoms. The topological polar surface area (TPSA) is 26.8 Å². The van der Waals surface area contributed by atoms with Gasteiger partial charge in [-0.1, -0.05) is 6.07 Å². The number of piperazine rings is 1. The van der Waals surface area contributed by atoms with Gasteiger partial charge in [-0.3, -0.25) is 0 Å². The lowest BCUT2D eigenvalue weighted by Gasteiger charge is -2.35. The second-order valence-corrected chi connectivity index (χ2v) is 8.01. The van der Waals surface area contributed by atoms with Crippen molar-refractivity contribution in [3.63, 3.8) is 0 Å². The number of amides is 2. The maximum atomic E-state index is 12.6. The minimum atomic E-state index is 0.246. The van der Waals surface area contributed by atoms with Crippen molar-refractivity contribution in [2.24, 2.45) is 0 Å². The SMILES string of the molecule is CN1CCN(C(=O)N2CCS[C@H](c3cccs3)CC2)CC1. The van der Waals surface area contributed by atoms with Crippen LogP contribution < -0.4 is 0 Å². The quantitative estimate of drug-likeness (QED) is 0.794. The number of urea groups is 1. The number of likely N-dealkylation sites (N-methyl/N-ethyl adjacent to an activating group) is 1. The van der Waals surface area contributed by atoms with Crippen molar-refractivity contribution < 1.29 is 4.79 Å². The molecule has 0 radical (unpaired) electrons. The van der Waals surface area contributed by atoms with Crippen molar-refractivity contribution in [1.82, 2.24) is 14.7 Å². The van der Waals surface area contributed by atoms with Crippen LogP contribution in [-0.2, 0) is 0 Å². The van der Waals surface area contributed by atoms with Gasteiger partial charge >= 0.3 is 6.03 Å². The summed E-state index contributed by atoms with van der Waals surface area (Å²) < 4.78 is 0. The molecule has 2 aliphatic rings. The minimum absolute atomic E-state index is 0.246. The Morgan fingerprint density at radius 3 is 2.62 bits per heavy atom. The molecule has 116 valence electrons. The molecule has 1 atom stereocenters. The number of hydrogen-bond donors (Lipinski definition) is 0. The number of nitrogens with zero attached hydrogens (tertiary/aromatic N) is 3. The van der Waals surface area contributed by atoms with E-state index >= 15 is 0 Å². The average molecular weight is 326 g/mol. The fourth-order valence-corrected chi connectivity index (χ4v) is 5.10. The summed E-state index contributed by atoms with van der Waals surface area (Å²) in [4.78, 5) is 20.5. The zero-order valence-electron chi connectivity index (χ0n) is 12.5. The van der Waals surface area contributed by atoms with Gasteiger partial charge in [-0.2, -0.15) is 11.8 Å². The molecule has 6 heteroatoms. The lowest BCUT2D eigenvalue weighted by atomic mass is 10.2. The predicted octanol–water partition coefficient (Wildman–Crippen LogP) is 2.60. The van der Waals surface area contributed by atoms with Gasteiger partial charge in [0, 0.05) is 55.1 Å². The number of thiophene rings is 1. The highest BCUT2D eigenvalue weighted by molar-refractivity contribution is 7.99. The highest BCUT2D eigenvalue weighted by atomic mass is 32.2. The molecule has 0 spiro atoms. The van der Waals surface area contributed by atoms with Gasteiger partial charge in [-0.05, 0) is 24.9 Å². The van der Waals surface area contributed by atoms with Crippen LogP contribution in [0.5, 0.6) is 0 Å². The summed E-state index contributed by atoms with van der Waals surface area (Å²) in [6.45, 7) is 5.50. The summed E-state index contributed by atoms with van der Waals surface area (Å²) in [5.74, 6) is 1.04. The van der Waals surface area contributed by atoms with Gasteiger partial charge in [-0.15, -0.1) is 11.3 Å². The summed E-state index contributed by atoms with van der Waals surface area (Å²) in [5.41, 5.74) is 0. The molecule has 2 fully saturated rings. The molecule has 0 aromatic carbocycles. The van der Waals surface area contributed by atoms with Gasteiger partial charge in [0.15, 0.2) is 0 Å². The lowest BCUT2D eigenvalue weighted by Crippen LogP contribution is -2.52. The first kappa shape index (κ1) is 15.2. The lowest BCUT2D eigenvalue weighted by molar-refractivity contribution is 0.124. The summed E-state index contributed by atoms with van der Waals surface area (Å²) in [6.07, 6.45) is 1.07. The molecule has 0 aliphatic carbocycles. The van der Waals surface area contributed by atoms with Crippen molar-refractivity contribution in [3.8, 4) is 0 Å². The van der Waals surface area contributed by atoms with Crippen LogP contribution in [0.15, 0.2) is 17.5 Å². The Kier molecular flexibility index (Phi) is 5.08. The van der Waals surface area contributed by atoms with E-state index in [0.29, 0.717) is 5.25 Å². The van der Waals surface area contributed by atoms with E-state index in [1.54, 1.807) is 0 Å². The molecule has 4 nitrogen and oxygen atoms in total. The van der Waals surface area contributed by atoms with Crippen LogP contribution in [-0.4, -0.2) is 72.8 Å². The largest absolute Gasteiger partial charge is 0.324 e. The van der Waals surface area contributed by atoms with Crippen LogP contribution >= 0.6 is 23.1 Å². The van der Waals surface area contributed by atoms with Crippen molar-refractivity contribution in [2.75, 3.05) is 52.1 Å². The van der Waals surface area contributed by atoms with Gasteiger partial charge in [0.05, 0.1) is 0 Å². The first-order valence-corrected chi connectivity index (χ1v) is 9.54. The maximum absolute atomic E-state index is 12.6. The standard InChI is InChI=1S/C15H23N3OS2/c1-16-6-8-18(9-7-16)15(19)17-5-4-14(21-12-10-17)13-3-2-11-20-13/h2-3,11,14H,4-10,12H2,1H3/t14-/m0/s1. The molecule has 1 aromatic rings. The van der Waals surface area contributed by atoms with Crippen LogP contribution in [0, 0.1) is 0 Å². The van der Waals surface area contributed by atoms with E-state index in [1.807, 2.05) is 28.0 Å². The fraction of sp³-hybridized carbons (Fsp3) is 0.667. The van der Waals surface area contributed by atoms with Crippen molar-refractivity contribution in [1.29, 1.82) is 0 Å². The Morgan fingerprint density at radius 1 is 1.14 bits per heavy atom. The van der Waals surface area contributed by atoms with Crippen molar-refractivity contribution in [2.45, 2.75) is 11.7 Å². The highest BCUT2D eigenvalue weighted by Gasteiger charge is 2.27. The van der Waals surface area contributed by atoms with E-state index < -0.39 is 0 Å². The van der Waals surface area contributed by atoms with Gasteiger partial charge in [0.2, 0.25) is 0 Å². The third-order valence-corrected chi connectivity index (χ3v) is 6.69. The Morgan fingerprint density at radius 2 is 1.90 bits per heavy atom. The minimum Gasteiger partial charge on any atom is -0.324 e. The number of carbonyl (C=O) groups excluding carboxylic acids is 1. The van der Waals surface area contributed by atoms with Gasteiger partial charge in [0.25, 0.3) is 0 Å². The molecule has 3 rings (SSSR count). The number of rotatable bonds is 1. The molecule has 3 heterocycles. The molecule has 1 aromatic heterocycles. The van der Waals surface area contributed by atoms with E-state index in [9.17, 15) is 4.79 Å². The number of thioether (sulfide) groups is 1. The van der Waals surface area contributed by atoms with Gasteiger partial charge in [0.1, 0.15) is 0 Å². The van der Waals surface area contributed by atoms with Crippen LogP contribution in [0.3, 0.4) is 0 Å². The molecule has 0 N–H and O–H groups in total. The second kappa shape index (κ2) is 7.03. The van der Waals surface area contributed by atoms with Crippen molar-refractivity contribution in [3.05, 3.63) is 22.4 Å². The summed E-state index contributed by atoms with van der Waals surface area (Å²) in [6, 6.07) is 4.59. The number of hydrogen-bond acceptors (Lipinski definition) is 4.